The summed E-state index contributed by atoms with van der Waals surface area (Å²) >= 11 is 0. The molecule has 1 aliphatic heterocycles. The van der Waals surface area contributed by atoms with E-state index < -0.39 is 0 Å². The summed E-state index contributed by atoms with van der Waals surface area (Å²) in [6.45, 7) is 4.75. The van der Waals surface area contributed by atoms with Crippen molar-refractivity contribution < 1.29 is 4.79 Å². The molecule has 3 rings (SSSR count). The third-order valence-corrected chi connectivity index (χ3v) is 3.76. The van der Waals surface area contributed by atoms with Crippen LogP contribution >= 0.6 is 0 Å². The lowest BCUT2D eigenvalue weighted by molar-refractivity contribution is 0.0695. The Morgan fingerprint density at radius 3 is 2.50 bits per heavy atom. The molecule has 0 spiro atoms. The van der Waals surface area contributed by atoms with Gasteiger partial charge in [0.05, 0.1) is 5.56 Å². The van der Waals surface area contributed by atoms with Gasteiger partial charge in [0.2, 0.25) is 0 Å². The number of rotatable bonds is 2. The number of aryl methyl sites for hydroxylation is 1. The van der Waals surface area contributed by atoms with E-state index in [0.717, 1.165) is 16.8 Å². The quantitative estimate of drug-likeness (QED) is 0.901. The number of nitrogens with one attached hydrogen (secondary N) is 1. The maximum absolute atomic E-state index is 12.6. The van der Waals surface area contributed by atoms with Gasteiger partial charge in [-0.05, 0) is 31.5 Å². The molecule has 1 amide bonds. The van der Waals surface area contributed by atoms with Crippen LogP contribution in [0, 0.1) is 6.92 Å². The third-order valence-electron chi connectivity index (χ3n) is 3.76. The van der Waals surface area contributed by atoms with Gasteiger partial charge < -0.3 is 10.2 Å². The van der Waals surface area contributed by atoms with Crippen LogP contribution in [0.2, 0.25) is 0 Å². The van der Waals surface area contributed by atoms with Crippen LogP contribution in [0.15, 0.2) is 48.5 Å². The van der Waals surface area contributed by atoms with Gasteiger partial charge >= 0.3 is 0 Å². The van der Waals surface area contributed by atoms with E-state index in [2.05, 4.69) is 36.5 Å². The zero-order valence-electron chi connectivity index (χ0n) is 11.8. The van der Waals surface area contributed by atoms with Gasteiger partial charge in [-0.3, -0.25) is 4.79 Å². The van der Waals surface area contributed by atoms with E-state index in [0.29, 0.717) is 6.54 Å². The summed E-state index contributed by atoms with van der Waals surface area (Å²) in [6, 6.07) is 16.0. The van der Waals surface area contributed by atoms with E-state index in [1.54, 1.807) is 0 Å². The molecule has 1 atom stereocenters. The number of carbonyl (C=O) groups excluding carboxylic acids is 1. The van der Waals surface area contributed by atoms with Gasteiger partial charge in [-0.15, -0.1) is 0 Å². The SMILES string of the molecule is CCN1C(=O)c2ccccc2NC1c1ccc(C)cc1. The maximum atomic E-state index is 12.6. The third kappa shape index (κ3) is 2.05. The van der Waals surface area contributed by atoms with Crippen molar-refractivity contribution in [1.29, 1.82) is 0 Å². The summed E-state index contributed by atoms with van der Waals surface area (Å²) in [5.74, 6) is 0.0902. The smallest absolute Gasteiger partial charge is 0.257 e. The Kier molecular flexibility index (Phi) is 3.18. The van der Waals surface area contributed by atoms with Crippen LogP contribution in [0.1, 0.15) is 34.6 Å². The molecule has 3 heteroatoms. The number of anilines is 1. The minimum absolute atomic E-state index is 0.0902. The first-order valence-corrected chi connectivity index (χ1v) is 6.94. The second-order valence-electron chi connectivity index (χ2n) is 5.09. The first-order chi connectivity index (χ1) is 9.70. The van der Waals surface area contributed by atoms with Gasteiger partial charge in [0.15, 0.2) is 0 Å². The van der Waals surface area contributed by atoms with Crippen molar-refractivity contribution in [2.75, 3.05) is 11.9 Å². The van der Waals surface area contributed by atoms with E-state index in [9.17, 15) is 4.79 Å². The first kappa shape index (κ1) is 12.7. The average molecular weight is 266 g/mol. The summed E-state index contributed by atoms with van der Waals surface area (Å²) < 4.78 is 0. The number of amides is 1. The molecular weight excluding hydrogens is 248 g/mol. The van der Waals surface area contributed by atoms with Crippen LogP contribution in [-0.2, 0) is 0 Å². The van der Waals surface area contributed by atoms with Gasteiger partial charge in [0, 0.05) is 12.2 Å². The molecule has 0 fully saturated rings. The molecule has 1 unspecified atom stereocenters. The highest BCUT2D eigenvalue weighted by molar-refractivity contribution is 6.01. The van der Waals surface area contributed by atoms with Crippen LogP contribution in [0.4, 0.5) is 5.69 Å². The monoisotopic (exact) mass is 266 g/mol. The summed E-state index contributed by atoms with van der Waals surface area (Å²) in [5.41, 5.74) is 3.99. The average Bonchev–Trinajstić information content (AvgIpc) is 2.48. The van der Waals surface area contributed by atoms with E-state index in [-0.39, 0.29) is 12.1 Å². The van der Waals surface area contributed by atoms with E-state index >= 15 is 0 Å². The molecule has 0 radical (unpaired) electrons. The number of para-hydroxylation sites is 1. The van der Waals surface area contributed by atoms with Crippen molar-refractivity contribution in [3.8, 4) is 0 Å². The first-order valence-electron chi connectivity index (χ1n) is 6.94. The topological polar surface area (TPSA) is 32.3 Å². The number of fused-ring (bicyclic) bond motifs is 1. The Morgan fingerprint density at radius 1 is 1.10 bits per heavy atom. The molecule has 1 N–H and O–H groups in total. The molecule has 2 aromatic carbocycles. The van der Waals surface area contributed by atoms with Gasteiger partial charge in [-0.1, -0.05) is 42.0 Å². The van der Waals surface area contributed by atoms with Gasteiger partial charge in [-0.2, -0.15) is 0 Å². The van der Waals surface area contributed by atoms with Crippen molar-refractivity contribution in [1.82, 2.24) is 4.90 Å². The van der Waals surface area contributed by atoms with Crippen molar-refractivity contribution in [3.63, 3.8) is 0 Å². The molecule has 0 aliphatic carbocycles. The fourth-order valence-electron chi connectivity index (χ4n) is 2.63. The molecule has 0 saturated heterocycles. The maximum Gasteiger partial charge on any atom is 0.257 e. The number of hydrogen-bond acceptors (Lipinski definition) is 2. The predicted molar refractivity (Wildman–Crippen MR) is 80.7 cm³/mol. The highest BCUT2D eigenvalue weighted by Crippen LogP contribution is 2.32. The summed E-state index contributed by atoms with van der Waals surface area (Å²) in [5, 5.41) is 3.47. The molecule has 3 nitrogen and oxygen atoms in total. The zero-order chi connectivity index (χ0) is 14.1. The highest BCUT2D eigenvalue weighted by atomic mass is 16.2. The molecule has 1 heterocycles. The van der Waals surface area contributed by atoms with Crippen molar-refractivity contribution >= 4 is 11.6 Å². The summed E-state index contributed by atoms with van der Waals surface area (Å²) in [6.07, 6.45) is -0.0944. The standard InChI is InChI=1S/C17H18N2O/c1-3-19-16(13-10-8-12(2)9-11-13)18-15-7-5-4-6-14(15)17(19)20/h4-11,16,18H,3H2,1-2H3. The molecule has 0 bridgehead atoms. The second-order valence-corrected chi connectivity index (χ2v) is 5.09. The summed E-state index contributed by atoms with van der Waals surface area (Å²) in [7, 11) is 0. The van der Waals surface area contributed by atoms with E-state index in [1.807, 2.05) is 36.1 Å². The molecule has 1 aliphatic rings. The van der Waals surface area contributed by atoms with Crippen LogP contribution in [0.3, 0.4) is 0 Å². The minimum atomic E-state index is -0.0944. The fourth-order valence-corrected chi connectivity index (χ4v) is 2.63. The lowest BCUT2D eigenvalue weighted by Crippen LogP contribution is -2.42. The molecule has 102 valence electrons. The normalized spacial score (nSPS) is 17.6. The fraction of sp³-hybridized carbons (Fsp3) is 0.235. The molecule has 0 saturated carbocycles. The van der Waals surface area contributed by atoms with Crippen molar-refractivity contribution in [2.45, 2.75) is 20.0 Å². The predicted octanol–water partition coefficient (Wildman–Crippen LogP) is 3.58. The van der Waals surface area contributed by atoms with Crippen molar-refractivity contribution in [3.05, 3.63) is 65.2 Å². The lowest BCUT2D eigenvalue weighted by Gasteiger charge is -2.37. The summed E-state index contributed by atoms with van der Waals surface area (Å²) in [4.78, 5) is 14.5. The molecule has 0 aromatic heterocycles. The highest BCUT2D eigenvalue weighted by Gasteiger charge is 2.31. The van der Waals surface area contributed by atoms with Gasteiger partial charge in [0.1, 0.15) is 6.17 Å². The van der Waals surface area contributed by atoms with Crippen molar-refractivity contribution in [2.24, 2.45) is 0 Å². The minimum Gasteiger partial charge on any atom is -0.361 e. The molecule has 20 heavy (non-hydrogen) atoms. The largest absolute Gasteiger partial charge is 0.361 e. The van der Waals surface area contributed by atoms with E-state index in [4.69, 9.17) is 0 Å². The Labute approximate surface area is 119 Å². The number of nitrogens with zero attached hydrogens (tertiary/aromatic N) is 1. The number of benzene rings is 2. The number of hydrogen-bond donors (Lipinski definition) is 1. The Balaban J connectivity index is 2.03. The van der Waals surface area contributed by atoms with Crippen LogP contribution in [0.25, 0.3) is 0 Å². The Morgan fingerprint density at radius 2 is 1.80 bits per heavy atom. The molecular formula is C17H18N2O. The van der Waals surface area contributed by atoms with E-state index in [1.165, 1.54) is 5.56 Å². The van der Waals surface area contributed by atoms with Crippen LogP contribution in [-0.4, -0.2) is 17.4 Å². The van der Waals surface area contributed by atoms with Gasteiger partial charge in [0.25, 0.3) is 5.91 Å². The Hall–Kier alpha value is -2.29. The molecule has 2 aromatic rings. The van der Waals surface area contributed by atoms with Crippen LogP contribution < -0.4 is 5.32 Å². The zero-order valence-corrected chi connectivity index (χ0v) is 11.8. The van der Waals surface area contributed by atoms with Gasteiger partial charge in [-0.25, -0.2) is 0 Å². The lowest BCUT2D eigenvalue weighted by atomic mass is 10.0. The Bertz CT molecular complexity index is 634. The van der Waals surface area contributed by atoms with Crippen LogP contribution in [0.5, 0.6) is 0 Å². The second kappa shape index (κ2) is 5.00. The number of carbonyl (C=O) groups is 1.